The van der Waals surface area contributed by atoms with Gasteiger partial charge in [-0.05, 0) is 38.8 Å². The van der Waals surface area contributed by atoms with Crippen molar-refractivity contribution < 1.29 is 0 Å². The lowest BCUT2D eigenvalue weighted by Crippen LogP contribution is -2.23. The number of likely N-dealkylation sites (tertiary alicyclic amines) is 1. The predicted molar refractivity (Wildman–Crippen MR) is 87.6 cm³/mol. The van der Waals surface area contributed by atoms with Gasteiger partial charge in [0, 0.05) is 23.9 Å². The molecule has 0 unspecified atom stereocenters. The molecule has 0 spiro atoms. The number of benzene rings is 1. The van der Waals surface area contributed by atoms with Crippen LogP contribution in [-0.2, 0) is 0 Å². The smallest absolute Gasteiger partial charge is 0.156 e. The fraction of sp³-hybridized carbons (Fsp3) is 0.529. The van der Waals surface area contributed by atoms with Gasteiger partial charge in [0.2, 0.25) is 0 Å². The highest BCUT2D eigenvalue weighted by atomic mass is 15.2. The van der Waals surface area contributed by atoms with E-state index in [4.69, 9.17) is 0 Å². The Labute approximate surface area is 126 Å². The van der Waals surface area contributed by atoms with Gasteiger partial charge >= 0.3 is 0 Å². The molecule has 1 aromatic heterocycles. The van der Waals surface area contributed by atoms with Gasteiger partial charge in [0.1, 0.15) is 0 Å². The van der Waals surface area contributed by atoms with Crippen LogP contribution in [0.5, 0.6) is 0 Å². The normalized spacial score (nSPS) is 19.2. The highest BCUT2D eigenvalue weighted by Crippen LogP contribution is 2.23. The number of aryl methyl sites for hydroxylation is 1. The van der Waals surface area contributed by atoms with Crippen molar-refractivity contribution in [3.63, 3.8) is 0 Å². The fourth-order valence-electron chi connectivity index (χ4n) is 3.21. The molecule has 4 nitrogen and oxygen atoms in total. The van der Waals surface area contributed by atoms with Crippen LogP contribution < -0.4 is 5.32 Å². The molecule has 1 saturated heterocycles. The Morgan fingerprint density at radius 2 is 2.05 bits per heavy atom. The van der Waals surface area contributed by atoms with Crippen LogP contribution in [0.2, 0.25) is 0 Å². The lowest BCUT2D eigenvalue weighted by atomic mass is 10.1. The van der Waals surface area contributed by atoms with Gasteiger partial charge in [-0.2, -0.15) is 5.10 Å². The molecule has 1 N–H and O–H groups in total. The summed E-state index contributed by atoms with van der Waals surface area (Å²) in [5, 5.41) is 14.5. The molecule has 21 heavy (non-hydrogen) atoms. The van der Waals surface area contributed by atoms with E-state index < -0.39 is 0 Å². The van der Waals surface area contributed by atoms with Crippen LogP contribution in [-0.4, -0.2) is 41.3 Å². The average molecular weight is 284 g/mol. The van der Waals surface area contributed by atoms with Crippen LogP contribution >= 0.6 is 0 Å². The van der Waals surface area contributed by atoms with Crippen molar-refractivity contribution in [3.8, 4) is 0 Å². The van der Waals surface area contributed by atoms with Crippen molar-refractivity contribution in [2.75, 3.05) is 31.5 Å². The zero-order valence-corrected chi connectivity index (χ0v) is 13.0. The minimum atomic E-state index is 0.721. The number of rotatable bonds is 5. The summed E-state index contributed by atoms with van der Waals surface area (Å²) in [7, 11) is 0. The summed E-state index contributed by atoms with van der Waals surface area (Å²) in [6.07, 6.45) is 2.53. The molecule has 0 bridgehead atoms. The number of hydrogen-bond donors (Lipinski definition) is 1. The number of anilines is 1. The molecule has 1 fully saturated rings. The summed E-state index contributed by atoms with van der Waals surface area (Å²) in [6.45, 7) is 8.92. The van der Waals surface area contributed by atoms with Crippen LogP contribution in [0.1, 0.15) is 25.5 Å². The standard InChI is InChI=1S/C17H24N4/c1-3-9-21-10-8-14(12-21)11-18-17-16-7-5-4-6-15(16)13(2)19-20-17/h4-7,14H,3,8-12H2,1-2H3,(H,18,20)/t14-/m0/s1. The van der Waals surface area contributed by atoms with Gasteiger partial charge < -0.3 is 10.2 Å². The predicted octanol–water partition coefficient (Wildman–Crippen LogP) is 3.08. The molecular formula is C17H24N4. The Balaban J connectivity index is 1.68. The number of nitrogens with zero attached hydrogens (tertiary/aromatic N) is 3. The molecular weight excluding hydrogens is 260 g/mol. The first-order valence-electron chi connectivity index (χ1n) is 7.96. The van der Waals surface area contributed by atoms with E-state index >= 15 is 0 Å². The Hall–Kier alpha value is -1.68. The van der Waals surface area contributed by atoms with E-state index in [9.17, 15) is 0 Å². The second kappa shape index (κ2) is 6.39. The van der Waals surface area contributed by atoms with E-state index in [0.717, 1.165) is 24.0 Å². The molecule has 1 atom stereocenters. The minimum Gasteiger partial charge on any atom is -0.368 e. The molecule has 3 rings (SSSR count). The molecule has 2 aromatic rings. The maximum atomic E-state index is 4.35. The van der Waals surface area contributed by atoms with E-state index in [2.05, 4.69) is 51.6 Å². The molecule has 1 aliphatic rings. The van der Waals surface area contributed by atoms with Gasteiger partial charge in [-0.1, -0.05) is 31.2 Å². The molecule has 0 aliphatic carbocycles. The largest absolute Gasteiger partial charge is 0.368 e. The number of nitrogens with one attached hydrogen (secondary N) is 1. The maximum absolute atomic E-state index is 4.35. The Bertz CT molecular complexity index is 611. The SMILES string of the molecule is CCCN1CC[C@@H](CNc2nnc(C)c3ccccc23)C1. The fourth-order valence-corrected chi connectivity index (χ4v) is 3.21. The lowest BCUT2D eigenvalue weighted by Gasteiger charge is -2.15. The molecule has 0 amide bonds. The number of aromatic nitrogens is 2. The van der Waals surface area contributed by atoms with Crippen molar-refractivity contribution in [2.45, 2.75) is 26.7 Å². The van der Waals surface area contributed by atoms with Gasteiger partial charge in [-0.3, -0.25) is 0 Å². The average Bonchev–Trinajstić information content (AvgIpc) is 2.95. The van der Waals surface area contributed by atoms with Crippen LogP contribution in [0, 0.1) is 12.8 Å². The molecule has 1 aliphatic heterocycles. The highest BCUT2D eigenvalue weighted by molar-refractivity contribution is 5.92. The van der Waals surface area contributed by atoms with Crippen LogP contribution in [0.4, 0.5) is 5.82 Å². The molecule has 1 aromatic carbocycles. The number of hydrogen-bond acceptors (Lipinski definition) is 4. The number of fused-ring (bicyclic) bond motifs is 1. The van der Waals surface area contributed by atoms with Gasteiger partial charge in [0.25, 0.3) is 0 Å². The third-order valence-corrected chi connectivity index (χ3v) is 4.34. The first-order chi connectivity index (χ1) is 10.3. The topological polar surface area (TPSA) is 41.0 Å². The Morgan fingerprint density at radius 1 is 1.24 bits per heavy atom. The van der Waals surface area contributed by atoms with Crippen LogP contribution in [0.15, 0.2) is 24.3 Å². The van der Waals surface area contributed by atoms with Crippen molar-refractivity contribution in [1.82, 2.24) is 15.1 Å². The first-order valence-corrected chi connectivity index (χ1v) is 7.96. The summed E-state index contributed by atoms with van der Waals surface area (Å²) in [5.74, 6) is 1.64. The van der Waals surface area contributed by atoms with Gasteiger partial charge in [0.05, 0.1) is 5.69 Å². The Morgan fingerprint density at radius 3 is 2.86 bits per heavy atom. The second-order valence-corrected chi connectivity index (χ2v) is 6.02. The van der Waals surface area contributed by atoms with E-state index in [1.807, 2.05) is 6.92 Å². The molecule has 4 heteroatoms. The molecule has 112 valence electrons. The van der Waals surface area contributed by atoms with Crippen molar-refractivity contribution >= 4 is 16.6 Å². The van der Waals surface area contributed by atoms with E-state index in [0.29, 0.717) is 0 Å². The summed E-state index contributed by atoms with van der Waals surface area (Å²) < 4.78 is 0. The van der Waals surface area contributed by atoms with Crippen molar-refractivity contribution in [2.24, 2.45) is 5.92 Å². The van der Waals surface area contributed by atoms with Gasteiger partial charge in [-0.25, -0.2) is 0 Å². The summed E-state index contributed by atoms with van der Waals surface area (Å²) in [5.41, 5.74) is 0.992. The van der Waals surface area contributed by atoms with E-state index in [1.54, 1.807) is 0 Å². The highest BCUT2D eigenvalue weighted by Gasteiger charge is 2.21. The quantitative estimate of drug-likeness (QED) is 0.916. The van der Waals surface area contributed by atoms with Crippen molar-refractivity contribution in [1.29, 1.82) is 0 Å². The molecule has 2 heterocycles. The van der Waals surface area contributed by atoms with E-state index in [-0.39, 0.29) is 0 Å². The molecule has 0 radical (unpaired) electrons. The zero-order chi connectivity index (χ0) is 14.7. The maximum Gasteiger partial charge on any atom is 0.156 e. The van der Waals surface area contributed by atoms with E-state index in [1.165, 1.54) is 43.2 Å². The monoisotopic (exact) mass is 284 g/mol. The summed E-state index contributed by atoms with van der Waals surface area (Å²) >= 11 is 0. The van der Waals surface area contributed by atoms with Gasteiger partial charge in [0.15, 0.2) is 5.82 Å². The van der Waals surface area contributed by atoms with Gasteiger partial charge in [-0.15, -0.1) is 5.10 Å². The van der Waals surface area contributed by atoms with Crippen LogP contribution in [0.3, 0.4) is 0 Å². The van der Waals surface area contributed by atoms with Crippen LogP contribution in [0.25, 0.3) is 10.8 Å². The van der Waals surface area contributed by atoms with Crippen molar-refractivity contribution in [3.05, 3.63) is 30.0 Å². The first kappa shape index (κ1) is 14.3. The summed E-state index contributed by atoms with van der Waals surface area (Å²) in [6, 6.07) is 8.36. The molecule has 0 saturated carbocycles. The lowest BCUT2D eigenvalue weighted by molar-refractivity contribution is 0.327. The Kier molecular flexibility index (Phi) is 4.34. The zero-order valence-electron chi connectivity index (χ0n) is 13.0. The minimum absolute atomic E-state index is 0.721. The third-order valence-electron chi connectivity index (χ3n) is 4.34. The summed E-state index contributed by atoms with van der Waals surface area (Å²) in [4.78, 5) is 2.56. The second-order valence-electron chi connectivity index (χ2n) is 6.02. The third kappa shape index (κ3) is 3.16.